The van der Waals surface area contributed by atoms with E-state index in [2.05, 4.69) is 32.9 Å². The molecule has 1 aliphatic rings. The number of nitrogens with two attached hydrogens (primary N) is 1. The van der Waals surface area contributed by atoms with Crippen LogP contribution in [0.4, 0.5) is 0 Å². The fourth-order valence-corrected chi connectivity index (χ4v) is 2.56. The summed E-state index contributed by atoms with van der Waals surface area (Å²) in [4.78, 5) is 12.0. The molecule has 0 radical (unpaired) electrons. The van der Waals surface area contributed by atoms with Crippen molar-refractivity contribution in [2.45, 2.75) is 45.1 Å². The molecule has 0 bridgehead atoms. The van der Waals surface area contributed by atoms with Crippen LogP contribution in [0.25, 0.3) is 0 Å². The Hall–Kier alpha value is -1.15. The molecule has 1 aliphatic carbocycles. The molecule has 2 rings (SSSR count). The highest BCUT2D eigenvalue weighted by atomic mass is 16.1. The third-order valence-corrected chi connectivity index (χ3v) is 3.55. The van der Waals surface area contributed by atoms with Gasteiger partial charge in [-0.2, -0.15) is 0 Å². The number of aryl methyl sites for hydroxylation is 1. The molecule has 0 aliphatic heterocycles. The van der Waals surface area contributed by atoms with E-state index < -0.39 is 0 Å². The van der Waals surface area contributed by atoms with Crippen LogP contribution in [-0.2, 0) is 11.8 Å². The van der Waals surface area contributed by atoms with Gasteiger partial charge in [0.25, 0.3) is 0 Å². The second-order valence-corrected chi connectivity index (χ2v) is 5.29. The molecule has 16 heavy (non-hydrogen) atoms. The number of ketones is 1. The predicted molar refractivity (Wildman–Crippen MR) is 65.8 cm³/mol. The van der Waals surface area contributed by atoms with E-state index in [1.165, 1.54) is 5.56 Å². The van der Waals surface area contributed by atoms with E-state index in [-0.39, 0.29) is 17.2 Å². The molecule has 1 aromatic carbocycles. The SMILES string of the molecule is CCc1ccc2c(c1)C(=O)C(N)CC2(C)C. The fraction of sp³-hybridized carbons (Fsp3) is 0.500. The minimum absolute atomic E-state index is 0.00886. The number of hydrogen-bond acceptors (Lipinski definition) is 2. The lowest BCUT2D eigenvalue weighted by Crippen LogP contribution is -2.43. The van der Waals surface area contributed by atoms with Crippen LogP contribution in [0.3, 0.4) is 0 Å². The second kappa shape index (κ2) is 3.70. The van der Waals surface area contributed by atoms with Gasteiger partial charge in [0.05, 0.1) is 6.04 Å². The standard InChI is InChI=1S/C14H19NO/c1-4-9-5-6-11-10(7-9)13(16)12(15)8-14(11,2)3/h5-7,12H,4,8,15H2,1-3H3. The van der Waals surface area contributed by atoms with Crippen LogP contribution in [0, 0.1) is 0 Å². The highest BCUT2D eigenvalue weighted by molar-refractivity contribution is 6.03. The average Bonchev–Trinajstić information content (AvgIpc) is 2.25. The van der Waals surface area contributed by atoms with Crippen LogP contribution in [-0.4, -0.2) is 11.8 Å². The molecule has 1 atom stereocenters. The third kappa shape index (κ3) is 1.67. The first-order valence-electron chi connectivity index (χ1n) is 5.89. The molecule has 2 N–H and O–H groups in total. The molecule has 0 spiro atoms. The Morgan fingerprint density at radius 3 is 2.75 bits per heavy atom. The third-order valence-electron chi connectivity index (χ3n) is 3.55. The molecule has 0 amide bonds. The van der Waals surface area contributed by atoms with Crippen molar-refractivity contribution in [3.05, 3.63) is 34.9 Å². The van der Waals surface area contributed by atoms with Crippen molar-refractivity contribution in [1.29, 1.82) is 0 Å². The Balaban J connectivity index is 2.59. The van der Waals surface area contributed by atoms with E-state index in [1.807, 2.05) is 6.07 Å². The predicted octanol–water partition coefficient (Wildman–Crippen LogP) is 2.44. The Bertz CT molecular complexity index is 434. The van der Waals surface area contributed by atoms with Gasteiger partial charge in [0, 0.05) is 5.56 Å². The molecule has 1 aromatic rings. The van der Waals surface area contributed by atoms with Crippen molar-refractivity contribution in [2.24, 2.45) is 5.73 Å². The van der Waals surface area contributed by atoms with Crippen LogP contribution < -0.4 is 5.73 Å². The van der Waals surface area contributed by atoms with Crippen molar-refractivity contribution >= 4 is 5.78 Å². The molecule has 0 fully saturated rings. The van der Waals surface area contributed by atoms with E-state index in [9.17, 15) is 4.79 Å². The van der Waals surface area contributed by atoms with E-state index in [0.717, 1.165) is 24.0 Å². The highest BCUT2D eigenvalue weighted by Gasteiger charge is 2.36. The summed E-state index contributed by atoms with van der Waals surface area (Å²) < 4.78 is 0. The molecule has 2 nitrogen and oxygen atoms in total. The zero-order chi connectivity index (χ0) is 11.9. The van der Waals surface area contributed by atoms with Gasteiger partial charge in [0.1, 0.15) is 0 Å². The van der Waals surface area contributed by atoms with Gasteiger partial charge in [0.2, 0.25) is 0 Å². The first kappa shape index (κ1) is 11.3. The number of benzene rings is 1. The van der Waals surface area contributed by atoms with E-state index in [4.69, 9.17) is 5.73 Å². The Labute approximate surface area is 96.8 Å². The minimum Gasteiger partial charge on any atom is -0.321 e. The maximum Gasteiger partial charge on any atom is 0.179 e. The molecule has 0 aromatic heterocycles. The Kier molecular flexibility index (Phi) is 2.62. The number of rotatable bonds is 1. The summed E-state index contributed by atoms with van der Waals surface area (Å²) in [7, 11) is 0. The lowest BCUT2D eigenvalue weighted by molar-refractivity contribution is 0.0929. The van der Waals surface area contributed by atoms with Gasteiger partial charge < -0.3 is 5.73 Å². The van der Waals surface area contributed by atoms with E-state index in [1.54, 1.807) is 0 Å². The summed E-state index contributed by atoms with van der Waals surface area (Å²) in [6.07, 6.45) is 1.69. The lowest BCUT2D eigenvalue weighted by atomic mass is 9.70. The lowest BCUT2D eigenvalue weighted by Gasteiger charge is -2.35. The minimum atomic E-state index is -0.338. The summed E-state index contributed by atoms with van der Waals surface area (Å²) >= 11 is 0. The molecule has 0 heterocycles. The highest BCUT2D eigenvalue weighted by Crippen LogP contribution is 2.36. The smallest absolute Gasteiger partial charge is 0.179 e. The summed E-state index contributed by atoms with van der Waals surface area (Å²) in [5.41, 5.74) is 9.11. The summed E-state index contributed by atoms with van der Waals surface area (Å²) in [6.45, 7) is 6.41. The molecule has 86 valence electrons. The second-order valence-electron chi connectivity index (χ2n) is 5.29. The quantitative estimate of drug-likeness (QED) is 0.785. The largest absolute Gasteiger partial charge is 0.321 e. The van der Waals surface area contributed by atoms with Gasteiger partial charge in [-0.1, -0.05) is 32.9 Å². The summed E-state index contributed by atoms with van der Waals surface area (Å²) in [5, 5.41) is 0. The number of fused-ring (bicyclic) bond motifs is 1. The van der Waals surface area contributed by atoms with Crippen molar-refractivity contribution in [3.63, 3.8) is 0 Å². The van der Waals surface area contributed by atoms with E-state index >= 15 is 0 Å². The molecule has 0 saturated carbocycles. The van der Waals surface area contributed by atoms with Gasteiger partial charge in [-0.15, -0.1) is 0 Å². The molecular weight excluding hydrogens is 198 g/mol. The topological polar surface area (TPSA) is 43.1 Å². The number of carbonyl (C=O) groups is 1. The molecule has 0 saturated heterocycles. The van der Waals surface area contributed by atoms with Gasteiger partial charge in [0.15, 0.2) is 5.78 Å². The Morgan fingerprint density at radius 2 is 2.12 bits per heavy atom. The van der Waals surface area contributed by atoms with Crippen molar-refractivity contribution in [3.8, 4) is 0 Å². The Morgan fingerprint density at radius 1 is 1.44 bits per heavy atom. The number of hydrogen-bond donors (Lipinski definition) is 1. The maximum atomic E-state index is 12.0. The van der Waals surface area contributed by atoms with Gasteiger partial charge in [-0.25, -0.2) is 0 Å². The fourth-order valence-electron chi connectivity index (χ4n) is 2.56. The zero-order valence-electron chi connectivity index (χ0n) is 10.2. The summed E-state index contributed by atoms with van der Waals surface area (Å²) in [5.74, 6) is 0.102. The van der Waals surface area contributed by atoms with Crippen molar-refractivity contribution < 1.29 is 4.79 Å². The number of carbonyl (C=O) groups excluding carboxylic acids is 1. The first-order valence-corrected chi connectivity index (χ1v) is 5.89. The maximum absolute atomic E-state index is 12.0. The number of Topliss-reactive ketones (excluding diaryl/α,β-unsaturated/α-hetero) is 1. The monoisotopic (exact) mass is 217 g/mol. The molecule has 1 unspecified atom stereocenters. The van der Waals surface area contributed by atoms with Gasteiger partial charge in [-0.05, 0) is 35.4 Å². The van der Waals surface area contributed by atoms with Crippen molar-refractivity contribution in [1.82, 2.24) is 0 Å². The normalized spacial score (nSPS) is 23.0. The van der Waals surface area contributed by atoms with Crippen molar-refractivity contribution in [2.75, 3.05) is 0 Å². The van der Waals surface area contributed by atoms with E-state index in [0.29, 0.717) is 0 Å². The first-order chi connectivity index (χ1) is 7.45. The average molecular weight is 217 g/mol. The van der Waals surface area contributed by atoms with Gasteiger partial charge in [-0.3, -0.25) is 4.79 Å². The summed E-state index contributed by atoms with van der Waals surface area (Å²) in [6, 6.07) is 5.88. The van der Waals surface area contributed by atoms with Crippen LogP contribution in [0.15, 0.2) is 18.2 Å². The molecular formula is C14H19NO. The van der Waals surface area contributed by atoms with Crippen LogP contribution in [0.1, 0.15) is 48.7 Å². The zero-order valence-corrected chi connectivity index (χ0v) is 10.2. The van der Waals surface area contributed by atoms with Crippen LogP contribution in [0.5, 0.6) is 0 Å². The molecule has 2 heteroatoms. The van der Waals surface area contributed by atoms with Crippen LogP contribution in [0.2, 0.25) is 0 Å². The van der Waals surface area contributed by atoms with Gasteiger partial charge >= 0.3 is 0 Å². The van der Waals surface area contributed by atoms with Crippen LogP contribution >= 0.6 is 0 Å².